The van der Waals surface area contributed by atoms with Crippen molar-refractivity contribution in [3.05, 3.63) is 176 Å². The van der Waals surface area contributed by atoms with Crippen molar-refractivity contribution >= 4 is 43.6 Å². The third-order valence-electron chi connectivity index (χ3n) is 9.69. The van der Waals surface area contributed by atoms with Crippen LogP contribution in [0.3, 0.4) is 0 Å². The minimum absolute atomic E-state index is 0.670. The molecule has 238 valence electrons. The van der Waals surface area contributed by atoms with Crippen LogP contribution in [0, 0.1) is 0 Å². The molecule has 3 aromatic heterocycles. The van der Waals surface area contributed by atoms with E-state index in [2.05, 4.69) is 133 Å². The van der Waals surface area contributed by atoms with Gasteiger partial charge in [-0.05, 0) is 41.5 Å². The van der Waals surface area contributed by atoms with Crippen molar-refractivity contribution in [2.45, 2.75) is 0 Å². The quantitative estimate of drug-likeness (QED) is 0.174. The molecule has 0 N–H and O–H groups in total. The molecule has 51 heavy (non-hydrogen) atoms. The molecule has 0 aliphatic rings. The molecule has 0 fully saturated rings. The van der Waals surface area contributed by atoms with Gasteiger partial charge in [-0.2, -0.15) is 0 Å². The van der Waals surface area contributed by atoms with E-state index in [1.54, 1.807) is 0 Å². The predicted molar refractivity (Wildman–Crippen MR) is 209 cm³/mol. The van der Waals surface area contributed by atoms with Crippen molar-refractivity contribution in [2.24, 2.45) is 0 Å². The Morgan fingerprint density at radius 1 is 0.353 bits per heavy atom. The van der Waals surface area contributed by atoms with Crippen molar-refractivity contribution in [1.82, 2.24) is 15.0 Å². The van der Waals surface area contributed by atoms with Gasteiger partial charge in [0.05, 0.1) is 22.6 Å². The van der Waals surface area contributed by atoms with E-state index in [0.29, 0.717) is 5.82 Å². The number of fused-ring (bicyclic) bond motifs is 7. The van der Waals surface area contributed by atoms with Crippen LogP contribution in [0.5, 0.6) is 0 Å². The fraction of sp³-hybridized carbons (Fsp3) is 0. The second-order valence-electron chi connectivity index (χ2n) is 12.8. The molecular formula is C47H29N3O. The normalized spacial score (nSPS) is 11.5. The zero-order chi connectivity index (χ0) is 33.7. The van der Waals surface area contributed by atoms with Crippen LogP contribution in [0.1, 0.15) is 0 Å². The van der Waals surface area contributed by atoms with Gasteiger partial charge in [0, 0.05) is 49.2 Å². The summed E-state index contributed by atoms with van der Waals surface area (Å²) in [7, 11) is 0. The third-order valence-corrected chi connectivity index (χ3v) is 9.69. The molecule has 0 atom stereocenters. The van der Waals surface area contributed by atoms with Crippen molar-refractivity contribution in [3.63, 3.8) is 0 Å². The SMILES string of the molecule is c1ccc(-c2cccc(-c3cc(-c4ccccc4)nc(-c4ccc(-c5nc6ccccc6c6c5ccc5c7ccccc7oc56)cc4)n3)c2)cc1. The standard InChI is InChI=1S/C47H29N3O/c1-3-12-30(13-4-1)34-16-11-17-35(28-34)42-29-41(31-14-5-2-6-15-31)49-47(50-42)33-24-22-32(23-25-33)45-39-27-26-37-36-18-8-10-21-43(36)51-46(37)44(39)38-19-7-9-20-40(38)48-45/h1-29H. The average molecular weight is 652 g/mol. The molecule has 0 saturated carbocycles. The molecule has 0 amide bonds. The zero-order valence-corrected chi connectivity index (χ0v) is 27.5. The smallest absolute Gasteiger partial charge is 0.160 e. The first-order chi connectivity index (χ1) is 25.3. The van der Waals surface area contributed by atoms with Crippen LogP contribution in [-0.2, 0) is 0 Å². The number of hydrogen-bond donors (Lipinski definition) is 0. The molecule has 3 heterocycles. The Bertz CT molecular complexity index is 2900. The molecular weight excluding hydrogens is 623 g/mol. The van der Waals surface area contributed by atoms with Crippen LogP contribution in [0.25, 0.3) is 99.9 Å². The highest BCUT2D eigenvalue weighted by Crippen LogP contribution is 2.41. The van der Waals surface area contributed by atoms with Gasteiger partial charge in [-0.15, -0.1) is 0 Å². The van der Waals surface area contributed by atoms with Crippen LogP contribution >= 0.6 is 0 Å². The Labute approximate surface area is 294 Å². The first kappa shape index (κ1) is 29.0. The van der Waals surface area contributed by atoms with E-state index in [0.717, 1.165) is 88.5 Å². The van der Waals surface area contributed by atoms with E-state index in [4.69, 9.17) is 19.4 Å². The van der Waals surface area contributed by atoms with Crippen LogP contribution in [0.15, 0.2) is 180 Å². The molecule has 0 spiro atoms. The summed E-state index contributed by atoms with van der Waals surface area (Å²) in [6.07, 6.45) is 0. The van der Waals surface area contributed by atoms with E-state index in [-0.39, 0.29) is 0 Å². The summed E-state index contributed by atoms with van der Waals surface area (Å²) in [5, 5.41) is 5.43. The molecule has 10 aromatic rings. The number of benzene rings is 7. The average Bonchev–Trinajstić information content (AvgIpc) is 3.60. The number of furan rings is 1. The summed E-state index contributed by atoms with van der Waals surface area (Å²) >= 11 is 0. The molecule has 4 heteroatoms. The summed E-state index contributed by atoms with van der Waals surface area (Å²) in [6.45, 7) is 0. The highest BCUT2D eigenvalue weighted by Gasteiger charge is 2.18. The summed E-state index contributed by atoms with van der Waals surface area (Å²) in [5.74, 6) is 0.670. The molecule has 0 aliphatic carbocycles. The zero-order valence-electron chi connectivity index (χ0n) is 27.5. The van der Waals surface area contributed by atoms with E-state index < -0.39 is 0 Å². The van der Waals surface area contributed by atoms with Crippen LogP contribution < -0.4 is 0 Å². The van der Waals surface area contributed by atoms with Gasteiger partial charge in [0.25, 0.3) is 0 Å². The van der Waals surface area contributed by atoms with Gasteiger partial charge in [0.2, 0.25) is 0 Å². The lowest BCUT2D eigenvalue weighted by atomic mass is 9.97. The lowest BCUT2D eigenvalue weighted by Crippen LogP contribution is -1.96. The van der Waals surface area contributed by atoms with Crippen LogP contribution in [0.4, 0.5) is 0 Å². The summed E-state index contributed by atoms with van der Waals surface area (Å²) in [5.41, 5.74) is 11.7. The van der Waals surface area contributed by atoms with Gasteiger partial charge in [-0.3, -0.25) is 0 Å². The van der Waals surface area contributed by atoms with E-state index in [1.807, 2.05) is 42.5 Å². The van der Waals surface area contributed by atoms with Crippen molar-refractivity contribution in [1.29, 1.82) is 0 Å². The molecule has 0 bridgehead atoms. The molecule has 0 unspecified atom stereocenters. The topological polar surface area (TPSA) is 51.8 Å². The minimum Gasteiger partial charge on any atom is -0.455 e. The number of rotatable bonds is 5. The van der Waals surface area contributed by atoms with Crippen LogP contribution in [-0.4, -0.2) is 15.0 Å². The summed E-state index contributed by atoms with van der Waals surface area (Å²) in [6, 6.07) is 60.7. The lowest BCUT2D eigenvalue weighted by molar-refractivity contribution is 0.673. The second-order valence-corrected chi connectivity index (χ2v) is 12.8. The Morgan fingerprint density at radius 2 is 0.961 bits per heavy atom. The number of nitrogens with zero attached hydrogens (tertiary/aromatic N) is 3. The Kier molecular flexibility index (Phi) is 6.78. The highest BCUT2D eigenvalue weighted by atomic mass is 16.3. The lowest BCUT2D eigenvalue weighted by Gasteiger charge is -2.12. The van der Waals surface area contributed by atoms with Crippen molar-refractivity contribution < 1.29 is 4.42 Å². The first-order valence-electron chi connectivity index (χ1n) is 17.1. The molecule has 10 rings (SSSR count). The third kappa shape index (κ3) is 5.04. The van der Waals surface area contributed by atoms with Gasteiger partial charge in [0.1, 0.15) is 11.2 Å². The largest absolute Gasteiger partial charge is 0.455 e. The van der Waals surface area contributed by atoms with E-state index >= 15 is 0 Å². The monoisotopic (exact) mass is 651 g/mol. The fourth-order valence-electron chi connectivity index (χ4n) is 7.18. The maximum absolute atomic E-state index is 6.53. The molecule has 0 saturated heterocycles. The Morgan fingerprint density at radius 3 is 1.76 bits per heavy atom. The molecule has 7 aromatic carbocycles. The maximum atomic E-state index is 6.53. The number of hydrogen-bond acceptors (Lipinski definition) is 4. The Hall–Kier alpha value is -6.91. The first-order valence-corrected chi connectivity index (χ1v) is 17.1. The summed E-state index contributed by atoms with van der Waals surface area (Å²) in [4.78, 5) is 15.4. The molecule has 0 radical (unpaired) electrons. The van der Waals surface area contributed by atoms with Gasteiger partial charge >= 0.3 is 0 Å². The number of para-hydroxylation sites is 2. The van der Waals surface area contributed by atoms with Crippen LogP contribution in [0.2, 0.25) is 0 Å². The van der Waals surface area contributed by atoms with Gasteiger partial charge in [0.15, 0.2) is 5.82 Å². The van der Waals surface area contributed by atoms with Crippen molar-refractivity contribution in [2.75, 3.05) is 0 Å². The molecule has 4 nitrogen and oxygen atoms in total. The highest BCUT2D eigenvalue weighted by molar-refractivity contribution is 6.24. The number of pyridine rings is 1. The number of aromatic nitrogens is 3. The van der Waals surface area contributed by atoms with Gasteiger partial charge in [-0.1, -0.05) is 146 Å². The van der Waals surface area contributed by atoms with E-state index in [9.17, 15) is 0 Å². The fourth-order valence-corrected chi connectivity index (χ4v) is 7.18. The molecule has 0 aliphatic heterocycles. The van der Waals surface area contributed by atoms with Crippen molar-refractivity contribution in [3.8, 4) is 56.3 Å². The minimum atomic E-state index is 0.670. The summed E-state index contributed by atoms with van der Waals surface area (Å²) < 4.78 is 6.53. The maximum Gasteiger partial charge on any atom is 0.160 e. The van der Waals surface area contributed by atoms with Gasteiger partial charge < -0.3 is 4.42 Å². The predicted octanol–water partition coefficient (Wildman–Crippen LogP) is 12.4. The second kappa shape index (κ2) is 11.9. The Balaban J connectivity index is 1.11. The van der Waals surface area contributed by atoms with E-state index in [1.165, 1.54) is 5.56 Å². The van der Waals surface area contributed by atoms with Gasteiger partial charge in [-0.25, -0.2) is 15.0 Å².